The third-order valence-electron chi connectivity index (χ3n) is 8.57. The molecular formula is C26H28N4O9S2. The van der Waals surface area contributed by atoms with Gasteiger partial charge in [0.25, 0.3) is 5.91 Å². The Bertz CT molecular complexity index is 1510. The number of amides is 3. The fourth-order valence-electron chi connectivity index (χ4n) is 6.40. The number of nitrogens with zero attached hydrogens (tertiary/aromatic N) is 3. The van der Waals surface area contributed by atoms with Crippen LogP contribution in [0.5, 0.6) is 0 Å². The van der Waals surface area contributed by atoms with Gasteiger partial charge in [-0.15, -0.1) is 11.8 Å². The molecule has 1 aromatic rings. The number of benzene rings is 1. The summed E-state index contributed by atoms with van der Waals surface area (Å²) in [4.78, 5) is 84.6. The standard InChI is InChI=1S/C26H28N4O9S2/c1-24(2)18(29-14(32)11-15(29)41(24,37)38)19(33)26(23(36)39-12-31)25(3,4)40-22-17(21(35)30(22)26)28-20(34)16(27-5)13-9-7-6-8-10-13/h6-10,12,15-18,22H,5,11H2,1-4H3,(H,28,34)/t15-,16?,17-,18+,22-,26+/m1/s1. The maximum atomic E-state index is 14.6. The van der Waals surface area contributed by atoms with E-state index in [1.165, 1.54) is 27.7 Å². The van der Waals surface area contributed by atoms with E-state index in [1.807, 2.05) is 0 Å². The van der Waals surface area contributed by atoms with E-state index in [2.05, 4.69) is 17.0 Å². The number of ether oxygens (including phenoxy) is 1. The third kappa shape index (κ3) is 3.54. The molecule has 1 N–H and O–H groups in total. The molecule has 218 valence electrons. The highest BCUT2D eigenvalue weighted by atomic mass is 32.2. The van der Waals surface area contributed by atoms with Crippen LogP contribution in [0.4, 0.5) is 0 Å². The molecular weight excluding hydrogens is 576 g/mol. The summed E-state index contributed by atoms with van der Waals surface area (Å²) in [5, 5.41) is 0.420. The highest BCUT2D eigenvalue weighted by molar-refractivity contribution is 8.01. The van der Waals surface area contributed by atoms with E-state index < -0.39 is 83.2 Å². The van der Waals surface area contributed by atoms with Gasteiger partial charge in [0.05, 0.1) is 15.9 Å². The van der Waals surface area contributed by atoms with E-state index in [1.54, 1.807) is 30.3 Å². The number of Topliss-reactive ketones (excluding diaryl/α,β-unsaturated/α-hetero) is 1. The molecule has 4 aliphatic heterocycles. The van der Waals surface area contributed by atoms with Crippen LogP contribution in [0, 0.1) is 0 Å². The van der Waals surface area contributed by atoms with Crippen LogP contribution < -0.4 is 5.32 Å². The smallest absolute Gasteiger partial charge is 0.348 e. The largest absolute Gasteiger partial charge is 0.393 e. The second-order valence-electron chi connectivity index (χ2n) is 11.3. The first-order chi connectivity index (χ1) is 19.1. The molecule has 0 bridgehead atoms. The Kier molecular flexibility index (Phi) is 6.50. The van der Waals surface area contributed by atoms with Crippen molar-refractivity contribution in [3.8, 4) is 0 Å². The topological polar surface area (TPSA) is 177 Å². The van der Waals surface area contributed by atoms with Crippen molar-refractivity contribution in [2.75, 3.05) is 0 Å². The van der Waals surface area contributed by atoms with Crippen LogP contribution in [0.2, 0.25) is 0 Å². The van der Waals surface area contributed by atoms with Gasteiger partial charge in [-0.25, -0.2) is 13.2 Å². The van der Waals surface area contributed by atoms with Gasteiger partial charge in [-0.3, -0.25) is 29.0 Å². The quantitative estimate of drug-likeness (QED) is 0.137. The predicted octanol–water partition coefficient (Wildman–Crippen LogP) is -0.252. The van der Waals surface area contributed by atoms with Gasteiger partial charge in [0.15, 0.2) is 21.7 Å². The highest BCUT2D eigenvalue weighted by Gasteiger charge is 2.80. The Morgan fingerprint density at radius 3 is 2.37 bits per heavy atom. The van der Waals surface area contributed by atoms with Crippen LogP contribution in [0.25, 0.3) is 0 Å². The minimum Gasteiger partial charge on any atom is -0.393 e. The van der Waals surface area contributed by atoms with E-state index in [0.29, 0.717) is 5.56 Å². The fourth-order valence-corrected chi connectivity index (χ4v) is 10.3. The summed E-state index contributed by atoms with van der Waals surface area (Å²) >= 11 is 1.01. The van der Waals surface area contributed by atoms with Gasteiger partial charge in [0, 0.05) is 0 Å². The Morgan fingerprint density at radius 1 is 1.17 bits per heavy atom. The molecule has 0 aromatic heterocycles. The maximum Gasteiger partial charge on any atom is 0.348 e. The van der Waals surface area contributed by atoms with Crippen molar-refractivity contribution in [2.24, 2.45) is 4.99 Å². The molecule has 4 saturated heterocycles. The molecule has 15 heteroatoms. The maximum absolute atomic E-state index is 14.6. The van der Waals surface area contributed by atoms with E-state index in [4.69, 9.17) is 4.74 Å². The summed E-state index contributed by atoms with van der Waals surface area (Å²) in [6.45, 7) is 8.83. The summed E-state index contributed by atoms with van der Waals surface area (Å²) in [6.07, 6.45) is -0.307. The number of hydrogen-bond donors (Lipinski definition) is 1. The zero-order valence-corrected chi connectivity index (χ0v) is 24.2. The number of ketones is 1. The van der Waals surface area contributed by atoms with Gasteiger partial charge in [0.2, 0.25) is 17.4 Å². The monoisotopic (exact) mass is 604 g/mol. The molecule has 0 spiro atoms. The van der Waals surface area contributed by atoms with Gasteiger partial charge in [0.1, 0.15) is 22.8 Å². The first-order valence-corrected chi connectivity index (χ1v) is 15.1. The molecule has 3 amide bonds. The molecule has 0 saturated carbocycles. The van der Waals surface area contributed by atoms with Gasteiger partial charge >= 0.3 is 12.4 Å². The Balaban J connectivity index is 1.54. The first-order valence-electron chi connectivity index (χ1n) is 12.7. The third-order valence-corrected chi connectivity index (χ3v) is 13.0. The Morgan fingerprint density at radius 2 is 1.80 bits per heavy atom. The molecule has 0 aliphatic carbocycles. The molecule has 0 radical (unpaired) electrons. The number of esters is 1. The van der Waals surface area contributed by atoms with Crippen molar-refractivity contribution in [1.29, 1.82) is 0 Å². The predicted molar refractivity (Wildman–Crippen MR) is 145 cm³/mol. The number of fused-ring (bicyclic) bond motifs is 2. The summed E-state index contributed by atoms with van der Waals surface area (Å²) < 4.78 is 27.9. The number of rotatable bonds is 8. The number of aliphatic imine (C=N–C) groups is 1. The number of nitrogens with one attached hydrogen (secondary N) is 1. The van der Waals surface area contributed by atoms with Crippen LogP contribution >= 0.6 is 11.8 Å². The van der Waals surface area contributed by atoms with E-state index in [-0.39, 0.29) is 12.9 Å². The first kappa shape index (κ1) is 28.9. The fraction of sp³-hybridized carbons (Fsp3) is 0.500. The average molecular weight is 605 g/mol. The second kappa shape index (κ2) is 9.21. The Labute approximate surface area is 240 Å². The minimum atomic E-state index is -4.04. The molecule has 6 atom stereocenters. The van der Waals surface area contributed by atoms with Crippen LogP contribution in [0.3, 0.4) is 0 Å². The molecule has 4 aliphatic rings. The summed E-state index contributed by atoms with van der Waals surface area (Å²) in [6, 6.07) is 4.66. The molecule has 1 unspecified atom stereocenters. The van der Waals surface area contributed by atoms with Crippen molar-refractivity contribution in [3.63, 3.8) is 0 Å². The number of carbonyl (C=O) groups excluding carboxylic acids is 6. The zero-order chi connectivity index (χ0) is 30.3. The number of hydrogen-bond acceptors (Lipinski definition) is 11. The minimum absolute atomic E-state index is 0.177. The van der Waals surface area contributed by atoms with Gasteiger partial charge < -0.3 is 19.9 Å². The summed E-state index contributed by atoms with van der Waals surface area (Å²) in [7, 11) is -4.04. The number of carbonyl (C=O) groups is 6. The number of thioether (sulfide) groups is 1. The molecule has 5 rings (SSSR count). The van der Waals surface area contributed by atoms with Crippen LogP contribution in [0.15, 0.2) is 35.3 Å². The van der Waals surface area contributed by atoms with E-state index >= 15 is 0 Å². The van der Waals surface area contributed by atoms with Crippen LogP contribution in [-0.4, -0.2) is 98.7 Å². The molecule has 41 heavy (non-hydrogen) atoms. The normalized spacial score (nSPS) is 32.5. The molecule has 13 nitrogen and oxygen atoms in total. The van der Waals surface area contributed by atoms with Gasteiger partial charge in [-0.1, -0.05) is 30.3 Å². The van der Waals surface area contributed by atoms with Crippen LogP contribution in [0.1, 0.15) is 45.7 Å². The van der Waals surface area contributed by atoms with E-state index in [0.717, 1.165) is 21.6 Å². The molecule has 1 aromatic carbocycles. The van der Waals surface area contributed by atoms with Gasteiger partial charge in [-0.05, 0) is 40.0 Å². The number of sulfone groups is 1. The van der Waals surface area contributed by atoms with Crippen molar-refractivity contribution < 1.29 is 41.9 Å². The SMILES string of the molecule is C=NC(C(=O)N[C@@H]1C(=O)N2[C@@H]1SC(C)(C)[C@@]2(C(=O)OC=O)C(=O)[C@@H]1N2C(=O)C[C@H]2S(=O)(=O)C1(C)C)c1ccccc1. The summed E-state index contributed by atoms with van der Waals surface area (Å²) in [5.74, 6) is -4.49. The zero-order valence-electron chi connectivity index (χ0n) is 22.6. The lowest BCUT2D eigenvalue weighted by molar-refractivity contribution is -0.182. The molecule has 4 heterocycles. The Hall–Kier alpha value is -3.59. The number of β-lactam (4-membered cyclic amide) rings is 2. The van der Waals surface area contributed by atoms with Crippen molar-refractivity contribution >= 4 is 64.3 Å². The van der Waals surface area contributed by atoms with Crippen molar-refractivity contribution in [3.05, 3.63) is 35.9 Å². The lowest BCUT2D eigenvalue weighted by atomic mass is 9.72. The van der Waals surface area contributed by atoms with Crippen molar-refractivity contribution in [2.45, 2.75) is 78.0 Å². The molecule has 4 fully saturated rings. The van der Waals surface area contributed by atoms with Gasteiger partial charge in [-0.2, -0.15) is 0 Å². The van der Waals surface area contributed by atoms with Crippen LogP contribution in [-0.2, 0) is 43.3 Å². The second-order valence-corrected chi connectivity index (χ2v) is 15.7. The average Bonchev–Trinajstić information content (AvgIpc) is 3.20. The highest BCUT2D eigenvalue weighted by Crippen LogP contribution is 2.60. The van der Waals surface area contributed by atoms with E-state index in [9.17, 15) is 37.2 Å². The summed E-state index contributed by atoms with van der Waals surface area (Å²) in [5.41, 5.74) is -1.96. The van der Waals surface area contributed by atoms with Crippen molar-refractivity contribution in [1.82, 2.24) is 15.1 Å². The lowest BCUT2D eigenvalue weighted by Gasteiger charge is -2.51. The lowest BCUT2D eigenvalue weighted by Crippen LogP contribution is -2.80.